The van der Waals surface area contributed by atoms with E-state index in [1.54, 1.807) is 0 Å². The van der Waals surface area contributed by atoms with Gasteiger partial charge in [-0.1, -0.05) is 27.7 Å². The molecule has 6 heteroatoms. The number of rotatable bonds is 7. The van der Waals surface area contributed by atoms with E-state index in [0.717, 1.165) is 12.8 Å². The average molecular weight is 441 g/mol. The molecule has 0 aliphatic heterocycles. The summed E-state index contributed by atoms with van der Waals surface area (Å²) in [6.45, 7) is 9.75. The highest BCUT2D eigenvalue weighted by atomic mass is 16.5. The van der Waals surface area contributed by atoms with Crippen molar-refractivity contribution >= 4 is 27.7 Å². The van der Waals surface area contributed by atoms with Crippen LogP contribution in [0, 0.1) is 11.8 Å². The van der Waals surface area contributed by atoms with Gasteiger partial charge in [0.1, 0.15) is 33.8 Å². The fraction of sp³-hybridized carbons (Fsp3) is 0.462. The summed E-state index contributed by atoms with van der Waals surface area (Å²) in [6.07, 6.45) is 2.55. The lowest BCUT2D eigenvalue weighted by atomic mass is 9.94. The molecule has 3 rings (SSSR count). The van der Waals surface area contributed by atoms with Crippen molar-refractivity contribution in [3.63, 3.8) is 0 Å². The highest BCUT2D eigenvalue weighted by Crippen LogP contribution is 2.41. The maximum atomic E-state index is 12.8. The number of aryl methyl sites for hydroxylation is 1. The number of aliphatic hydroxyl groups is 1. The molecule has 0 saturated heterocycles. The Hall–Kier alpha value is -3.02. The Kier molecular flexibility index (Phi) is 6.82. The Labute approximate surface area is 187 Å². The summed E-state index contributed by atoms with van der Waals surface area (Å²) in [5.41, 5.74) is 0.767. The monoisotopic (exact) mass is 440 g/mol. The molecule has 172 valence electrons. The second-order valence-electron chi connectivity index (χ2n) is 9.26. The maximum Gasteiger partial charge on any atom is 0.193 e. The molecule has 0 saturated carbocycles. The van der Waals surface area contributed by atoms with E-state index in [4.69, 9.17) is 9.15 Å². The fourth-order valence-electron chi connectivity index (χ4n) is 4.20. The molecule has 6 nitrogen and oxygen atoms in total. The van der Waals surface area contributed by atoms with E-state index in [1.807, 2.05) is 0 Å². The van der Waals surface area contributed by atoms with Crippen LogP contribution < -0.4 is 20.8 Å². The van der Waals surface area contributed by atoms with Crippen LogP contribution in [0.3, 0.4) is 0 Å². The number of benzene rings is 2. The van der Waals surface area contributed by atoms with Crippen LogP contribution in [0.4, 0.5) is 0 Å². The summed E-state index contributed by atoms with van der Waals surface area (Å²) in [5, 5.41) is 22.5. The van der Waals surface area contributed by atoms with Crippen molar-refractivity contribution in [3.8, 4) is 11.5 Å². The second-order valence-corrected chi connectivity index (χ2v) is 9.26. The number of ether oxygens (including phenoxy) is 1. The average Bonchev–Trinajstić information content (AvgIpc) is 2.69. The minimum Gasteiger partial charge on any atom is -0.512 e. The summed E-state index contributed by atoms with van der Waals surface area (Å²) in [7, 11) is 1.47. The summed E-state index contributed by atoms with van der Waals surface area (Å²) in [4.78, 5) is 25.6. The molecule has 0 spiro atoms. The summed E-state index contributed by atoms with van der Waals surface area (Å²) in [6, 6.07) is 2.61. The third-order valence-corrected chi connectivity index (χ3v) is 5.87. The number of aliphatic hydroxyl groups excluding tert-OH is 1. The minimum absolute atomic E-state index is 0.102. The maximum absolute atomic E-state index is 12.8. The summed E-state index contributed by atoms with van der Waals surface area (Å²) < 4.78 is 11.6. The first-order valence-electron chi connectivity index (χ1n) is 11.1. The van der Waals surface area contributed by atoms with Crippen molar-refractivity contribution in [1.82, 2.24) is 0 Å². The van der Waals surface area contributed by atoms with Crippen molar-refractivity contribution in [1.29, 1.82) is 0 Å². The number of hydrogen-bond donors (Lipinski definition) is 2. The highest BCUT2D eigenvalue weighted by molar-refractivity contribution is 6.03. The van der Waals surface area contributed by atoms with Crippen LogP contribution in [-0.2, 0) is 12.8 Å². The molecule has 32 heavy (non-hydrogen) atoms. The zero-order chi connectivity index (χ0) is 23.7. The van der Waals surface area contributed by atoms with Crippen LogP contribution in [0.5, 0.6) is 11.5 Å². The molecule has 2 aromatic carbocycles. The van der Waals surface area contributed by atoms with Crippen LogP contribution in [0.25, 0.3) is 27.7 Å². The zero-order valence-electron chi connectivity index (χ0n) is 19.7. The molecule has 0 fully saturated rings. The summed E-state index contributed by atoms with van der Waals surface area (Å²) in [5.74, 6) is 0.837. The number of hydrogen-bond acceptors (Lipinski definition) is 6. The van der Waals surface area contributed by atoms with Gasteiger partial charge in [0.2, 0.25) is 0 Å². The van der Waals surface area contributed by atoms with Crippen molar-refractivity contribution in [3.05, 3.63) is 48.9 Å². The van der Waals surface area contributed by atoms with Crippen molar-refractivity contribution in [2.24, 2.45) is 11.8 Å². The summed E-state index contributed by atoms with van der Waals surface area (Å²) >= 11 is 0. The Morgan fingerprint density at radius 3 is 2.00 bits per heavy atom. The predicted molar refractivity (Wildman–Crippen MR) is 128 cm³/mol. The van der Waals surface area contributed by atoms with Gasteiger partial charge in [0.05, 0.1) is 17.7 Å². The topological polar surface area (TPSA) is 97.0 Å². The highest BCUT2D eigenvalue weighted by Gasteiger charge is 2.23. The van der Waals surface area contributed by atoms with Crippen LogP contribution in [0.1, 0.15) is 58.6 Å². The van der Waals surface area contributed by atoms with Gasteiger partial charge >= 0.3 is 0 Å². The molecule has 0 atom stereocenters. The van der Waals surface area contributed by atoms with Crippen molar-refractivity contribution in [2.75, 3.05) is 7.11 Å². The molecule has 0 unspecified atom stereocenters. The van der Waals surface area contributed by atoms with E-state index in [1.165, 1.54) is 26.2 Å². The van der Waals surface area contributed by atoms with E-state index in [9.17, 15) is 19.8 Å². The number of aromatic hydroxyl groups is 1. The van der Waals surface area contributed by atoms with Crippen molar-refractivity contribution < 1.29 is 19.4 Å². The van der Waals surface area contributed by atoms with Gasteiger partial charge in [0, 0.05) is 17.7 Å². The van der Waals surface area contributed by atoms with Gasteiger partial charge in [-0.2, -0.15) is 0 Å². The molecule has 2 N–H and O–H groups in total. The molecule has 3 aromatic rings. The van der Waals surface area contributed by atoms with Crippen molar-refractivity contribution in [2.45, 2.75) is 60.3 Å². The van der Waals surface area contributed by atoms with E-state index >= 15 is 0 Å². The zero-order valence-corrected chi connectivity index (χ0v) is 19.7. The standard InChI is InChI=1S/C26H32O6/c1-13(2)7-9-16-18(28)11-21-24(26(16)31-6)25(30)23-17(10-8-14(3)4)22(15(5)27)19(29)12-20(23)32-21/h11-14,27,30H,7-10H2,1-6H3/b22-15+. The Bertz CT molecular complexity index is 1330. The molecular formula is C26H32O6. The third-order valence-electron chi connectivity index (χ3n) is 5.87. The van der Waals surface area contributed by atoms with E-state index in [2.05, 4.69) is 27.7 Å². The molecule has 1 heterocycles. The Balaban J connectivity index is 2.49. The fourth-order valence-corrected chi connectivity index (χ4v) is 4.20. The third kappa shape index (κ3) is 4.31. The van der Waals surface area contributed by atoms with Crippen LogP contribution in [0.2, 0.25) is 0 Å². The second kappa shape index (κ2) is 9.23. The van der Waals surface area contributed by atoms with E-state index in [-0.39, 0.29) is 38.8 Å². The van der Waals surface area contributed by atoms with Gasteiger partial charge in [-0.15, -0.1) is 0 Å². The minimum atomic E-state index is -0.387. The quantitative estimate of drug-likeness (QED) is 0.521. The predicted octanol–water partition coefficient (Wildman–Crippen LogP) is 4.60. The largest absolute Gasteiger partial charge is 0.512 e. The van der Waals surface area contributed by atoms with Gasteiger partial charge in [-0.3, -0.25) is 9.59 Å². The Morgan fingerprint density at radius 1 is 0.938 bits per heavy atom. The lowest BCUT2D eigenvalue weighted by Crippen LogP contribution is -2.30. The van der Waals surface area contributed by atoms with Crippen LogP contribution >= 0.6 is 0 Å². The first-order valence-corrected chi connectivity index (χ1v) is 11.1. The van der Waals surface area contributed by atoms with Gasteiger partial charge in [-0.05, 0) is 50.0 Å². The normalized spacial score (nSPS) is 12.9. The molecule has 0 radical (unpaired) electrons. The Morgan fingerprint density at radius 2 is 1.47 bits per heavy atom. The lowest BCUT2D eigenvalue weighted by molar-refractivity contribution is 0.408. The van der Waals surface area contributed by atoms with Gasteiger partial charge in [-0.25, -0.2) is 0 Å². The first-order chi connectivity index (χ1) is 15.1. The van der Waals surface area contributed by atoms with E-state index < -0.39 is 0 Å². The molecule has 0 bridgehead atoms. The van der Waals surface area contributed by atoms with Crippen LogP contribution in [-0.4, -0.2) is 17.3 Å². The SMILES string of the molecule is COc1c(CCC(C)C)c(=O)cc2oc3cc(=O)/c(=C(\C)O)c(CCC(C)C)c3c(O)c12. The smallest absolute Gasteiger partial charge is 0.193 e. The van der Waals surface area contributed by atoms with Gasteiger partial charge in [0.25, 0.3) is 0 Å². The molecule has 0 amide bonds. The molecule has 0 aliphatic carbocycles. The van der Waals surface area contributed by atoms with Gasteiger partial charge < -0.3 is 19.4 Å². The lowest BCUT2D eigenvalue weighted by Gasteiger charge is -2.16. The molecule has 1 aromatic heterocycles. The number of fused-ring (bicyclic) bond motifs is 2. The molecular weight excluding hydrogens is 408 g/mol. The van der Waals surface area contributed by atoms with E-state index in [0.29, 0.717) is 52.3 Å². The first kappa shape index (κ1) is 23.6. The van der Waals surface area contributed by atoms with Crippen LogP contribution in [0.15, 0.2) is 26.1 Å². The molecule has 0 aliphatic rings. The van der Waals surface area contributed by atoms with Gasteiger partial charge in [0.15, 0.2) is 10.9 Å². The number of methoxy groups -OCH3 is 1.